The van der Waals surface area contributed by atoms with E-state index in [0.717, 1.165) is 0 Å². The number of rotatable bonds is 2. The molecule has 1 aliphatic carbocycles. The molecular weight excluding hydrogens is 162 g/mol. The van der Waals surface area contributed by atoms with Crippen LogP contribution >= 0.6 is 12.4 Å². The summed E-state index contributed by atoms with van der Waals surface area (Å²) in [6.45, 7) is 0.510. The third-order valence-electron chi connectivity index (χ3n) is 1.58. The zero-order valence-electron chi connectivity index (χ0n) is 5.44. The largest absolute Gasteiger partial charge is 0.271 e. The van der Waals surface area contributed by atoms with Gasteiger partial charge in [0.05, 0.1) is 0 Å². The maximum absolute atomic E-state index is 12.0. The van der Waals surface area contributed by atoms with Crippen molar-refractivity contribution in [3.05, 3.63) is 0 Å². The number of nitrogens with one attached hydrogen (secondary N) is 1. The summed E-state index contributed by atoms with van der Waals surface area (Å²) in [5.41, 5.74) is 2.37. The van der Waals surface area contributed by atoms with Crippen LogP contribution < -0.4 is 11.3 Å². The summed E-state index contributed by atoms with van der Waals surface area (Å²) in [6.07, 6.45) is -0.00556. The molecule has 0 radical (unpaired) electrons. The molecule has 0 aromatic heterocycles. The molecule has 0 aliphatic heterocycles. The quantitative estimate of drug-likeness (QED) is 0.480. The molecule has 3 N–H and O–H groups in total. The Hall–Kier alpha value is 0.0700. The fourth-order valence-corrected chi connectivity index (χ4v) is 1.10. The molecule has 2 nitrogen and oxygen atoms in total. The zero-order chi connectivity index (χ0) is 6.91. The average molecular weight is 173 g/mol. The van der Waals surface area contributed by atoms with E-state index in [0.29, 0.717) is 6.54 Å². The Morgan fingerprint density at radius 1 is 1.50 bits per heavy atom. The highest BCUT2D eigenvalue weighted by molar-refractivity contribution is 5.85. The normalized spacial score (nSPS) is 23.1. The molecule has 0 saturated heterocycles. The number of hydrogen-bond acceptors (Lipinski definition) is 2. The van der Waals surface area contributed by atoms with Gasteiger partial charge in [-0.2, -0.15) is 0 Å². The number of nitrogens with two attached hydrogens (primary N) is 1. The van der Waals surface area contributed by atoms with Gasteiger partial charge in [0.2, 0.25) is 5.92 Å². The minimum absolute atomic E-state index is 0. The second kappa shape index (κ2) is 3.46. The Balaban J connectivity index is 0.000000810. The molecule has 0 aromatic carbocycles. The Morgan fingerprint density at radius 3 is 2.30 bits per heavy atom. The molecule has 0 heterocycles. The lowest BCUT2D eigenvalue weighted by molar-refractivity contribution is -0.109. The lowest BCUT2D eigenvalue weighted by Gasteiger charge is -2.34. The summed E-state index contributed by atoms with van der Waals surface area (Å²) in [5.74, 6) is 2.62. The second-order valence-electron chi connectivity index (χ2n) is 2.54. The first-order chi connectivity index (χ1) is 4.14. The molecule has 10 heavy (non-hydrogen) atoms. The van der Waals surface area contributed by atoms with E-state index >= 15 is 0 Å². The van der Waals surface area contributed by atoms with Gasteiger partial charge in [0.15, 0.2) is 0 Å². The minimum atomic E-state index is -2.40. The summed E-state index contributed by atoms with van der Waals surface area (Å²) in [7, 11) is 0. The van der Waals surface area contributed by atoms with Crippen LogP contribution in [0.15, 0.2) is 0 Å². The van der Waals surface area contributed by atoms with Crippen molar-refractivity contribution in [2.24, 2.45) is 11.8 Å². The molecule has 1 saturated carbocycles. The van der Waals surface area contributed by atoms with Crippen molar-refractivity contribution in [3.63, 3.8) is 0 Å². The van der Waals surface area contributed by atoms with Crippen molar-refractivity contribution in [2.75, 3.05) is 6.54 Å². The first-order valence-electron chi connectivity index (χ1n) is 2.95. The molecule has 1 aliphatic rings. The Kier molecular flexibility index (Phi) is 3.48. The summed E-state index contributed by atoms with van der Waals surface area (Å²) >= 11 is 0. The average Bonchev–Trinajstić information content (AvgIpc) is 1.62. The van der Waals surface area contributed by atoms with Crippen LogP contribution in [0.25, 0.3) is 0 Å². The predicted octanol–water partition coefficient (Wildman–Crippen LogP) is 0.917. The van der Waals surface area contributed by atoms with Crippen molar-refractivity contribution < 1.29 is 8.78 Å². The number of hydrogen-bond donors (Lipinski definition) is 2. The monoisotopic (exact) mass is 172 g/mol. The summed E-state index contributed by atoms with van der Waals surface area (Å²) < 4.78 is 24.1. The fraction of sp³-hybridized carbons (Fsp3) is 1.00. The molecule has 0 spiro atoms. The maximum atomic E-state index is 12.0. The SMILES string of the molecule is Cl.NNCC1CC(F)(F)C1. The number of alkyl halides is 2. The van der Waals surface area contributed by atoms with Crippen molar-refractivity contribution >= 4 is 12.4 Å². The van der Waals surface area contributed by atoms with E-state index in [9.17, 15) is 8.78 Å². The van der Waals surface area contributed by atoms with Crippen LogP contribution in [0.1, 0.15) is 12.8 Å². The molecule has 0 unspecified atom stereocenters. The summed E-state index contributed by atoms with van der Waals surface area (Å²) in [5, 5.41) is 0. The first-order valence-corrected chi connectivity index (χ1v) is 2.95. The Morgan fingerprint density at radius 2 is 2.00 bits per heavy atom. The van der Waals surface area contributed by atoms with Crippen LogP contribution in [-0.4, -0.2) is 12.5 Å². The lowest BCUT2D eigenvalue weighted by atomic mass is 9.81. The van der Waals surface area contributed by atoms with Crippen LogP contribution in [0.5, 0.6) is 0 Å². The molecular formula is C5H11ClF2N2. The van der Waals surface area contributed by atoms with E-state index in [1.54, 1.807) is 0 Å². The van der Waals surface area contributed by atoms with Gasteiger partial charge < -0.3 is 0 Å². The van der Waals surface area contributed by atoms with Crippen LogP contribution in [0.3, 0.4) is 0 Å². The third-order valence-corrected chi connectivity index (χ3v) is 1.58. The van der Waals surface area contributed by atoms with Gasteiger partial charge in [-0.25, -0.2) is 8.78 Å². The number of halogens is 3. The van der Waals surface area contributed by atoms with E-state index in [-0.39, 0.29) is 31.2 Å². The van der Waals surface area contributed by atoms with Gasteiger partial charge in [-0.1, -0.05) is 0 Å². The van der Waals surface area contributed by atoms with E-state index in [4.69, 9.17) is 5.84 Å². The maximum Gasteiger partial charge on any atom is 0.248 e. The smallest absolute Gasteiger partial charge is 0.248 e. The van der Waals surface area contributed by atoms with Gasteiger partial charge in [0, 0.05) is 19.4 Å². The molecule has 0 atom stereocenters. The zero-order valence-corrected chi connectivity index (χ0v) is 6.26. The molecule has 0 amide bonds. The Labute approximate surface area is 64.5 Å². The van der Waals surface area contributed by atoms with Gasteiger partial charge in [-0.3, -0.25) is 11.3 Å². The highest BCUT2D eigenvalue weighted by Crippen LogP contribution is 2.41. The van der Waals surface area contributed by atoms with Crippen LogP contribution in [0, 0.1) is 5.92 Å². The van der Waals surface area contributed by atoms with Gasteiger partial charge in [-0.15, -0.1) is 12.4 Å². The standard InChI is InChI=1S/C5H10F2N2.ClH/c6-5(7)1-4(2-5)3-9-8;/h4,9H,1-3,8H2;1H. The second-order valence-corrected chi connectivity index (χ2v) is 2.54. The molecule has 0 aromatic rings. The van der Waals surface area contributed by atoms with Gasteiger partial charge >= 0.3 is 0 Å². The van der Waals surface area contributed by atoms with Crippen molar-refractivity contribution in [1.29, 1.82) is 0 Å². The Bertz CT molecular complexity index is 102. The van der Waals surface area contributed by atoms with Crippen molar-refractivity contribution in [2.45, 2.75) is 18.8 Å². The van der Waals surface area contributed by atoms with E-state index in [1.807, 2.05) is 0 Å². The highest BCUT2D eigenvalue weighted by Gasteiger charge is 2.44. The van der Waals surface area contributed by atoms with Gasteiger partial charge in [0.1, 0.15) is 0 Å². The topological polar surface area (TPSA) is 38.0 Å². The highest BCUT2D eigenvalue weighted by atomic mass is 35.5. The van der Waals surface area contributed by atoms with Gasteiger partial charge in [0.25, 0.3) is 0 Å². The predicted molar refractivity (Wildman–Crippen MR) is 37.1 cm³/mol. The van der Waals surface area contributed by atoms with Crippen molar-refractivity contribution in [1.82, 2.24) is 5.43 Å². The van der Waals surface area contributed by atoms with Crippen LogP contribution in [0.4, 0.5) is 8.78 Å². The molecule has 5 heteroatoms. The van der Waals surface area contributed by atoms with Gasteiger partial charge in [-0.05, 0) is 5.92 Å². The minimum Gasteiger partial charge on any atom is -0.271 e. The van der Waals surface area contributed by atoms with Crippen molar-refractivity contribution in [3.8, 4) is 0 Å². The van der Waals surface area contributed by atoms with E-state index < -0.39 is 5.92 Å². The van der Waals surface area contributed by atoms with Crippen LogP contribution in [0.2, 0.25) is 0 Å². The van der Waals surface area contributed by atoms with E-state index in [1.165, 1.54) is 0 Å². The molecule has 62 valence electrons. The van der Waals surface area contributed by atoms with E-state index in [2.05, 4.69) is 5.43 Å². The number of hydrazine groups is 1. The lowest BCUT2D eigenvalue weighted by Crippen LogP contribution is -2.42. The summed E-state index contributed by atoms with van der Waals surface area (Å²) in [6, 6.07) is 0. The fourth-order valence-electron chi connectivity index (χ4n) is 1.10. The third kappa shape index (κ3) is 2.36. The van der Waals surface area contributed by atoms with Crippen LogP contribution in [-0.2, 0) is 0 Å². The first kappa shape index (κ1) is 10.1. The molecule has 1 rings (SSSR count). The summed E-state index contributed by atoms with van der Waals surface area (Å²) in [4.78, 5) is 0. The molecule has 0 bridgehead atoms. The molecule has 1 fully saturated rings.